The molecule has 3 heterocycles. The maximum absolute atomic E-state index is 13.1. The summed E-state index contributed by atoms with van der Waals surface area (Å²) < 4.78 is 39.8. The maximum Gasteiger partial charge on any atom is 0.417 e. The monoisotopic (exact) mass is 498 g/mol. The minimum absolute atomic E-state index is 0.107. The number of alkyl halides is 3. The molecule has 0 radical (unpaired) electrons. The Kier molecular flexibility index (Phi) is 7.28. The van der Waals surface area contributed by atoms with Crippen molar-refractivity contribution < 1.29 is 22.8 Å². The number of aromatic nitrogens is 3. The fraction of sp³-hybridized carbons (Fsp3) is 0.407. The second kappa shape index (κ2) is 10.2. The normalized spacial score (nSPS) is 14.9. The third kappa shape index (κ3) is 5.50. The number of likely N-dealkylation sites (tertiary alicyclic amines) is 1. The number of amides is 1. The van der Waals surface area contributed by atoms with Crippen LogP contribution in [0.3, 0.4) is 0 Å². The molecule has 1 amide bonds. The van der Waals surface area contributed by atoms with Gasteiger partial charge in [0.1, 0.15) is 0 Å². The van der Waals surface area contributed by atoms with Crippen LogP contribution in [0.4, 0.5) is 13.2 Å². The molecular formula is C27H29F3N4O2. The SMILES string of the molecule is Cc1c(C(=O)N2CCC(C(=O)c3ccc(CC(C)C)cc3)CC2)cnn1-c1ccc(C(F)(F)F)cn1. The topological polar surface area (TPSA) is 68.1 Å². The van der Waals surface area contributed by atoms with Crippen LogP contribution in [0.1, 0.15) is 64.2 Å². The molecule has 0 spiro atoms. The van der Waals surface area contributed by atoms with Gasteiger partial charge in [-0.2, -0.15) is 18.3 Å². The van der Waals surface area contributed by atoms with Crippen LogP contribution in [0.15, 0.2) is 48.8 Å². The summed E-state index contributed by atoms with van der Waals surface area (Å²) in [5.74, 6) is 0.508. The Morgan fingerprint density at radius 2 is 1.69 bits per heavy atom. The number of carbonyl (C=O) groups is 2. The number of nitrogens with zero attached hydrogens (tertiary/aromatic N) is 4. The van der Waals surface area contributed by atoms with Gasteiger partial charge in [-0.05, 0) is 49.8 Å². The molecule has 1 aliphatic rings. The summed E-state index contributed by atoms with van der Waals surface area (Å²) in [5.41, 5.74) is 1.92. The van der Waals surface area contributed by atoms with Crippen LogP contribution in [-0.2, 0) is 12.6 Å². The minimum Gasteiger partial charge on any atom is -0.338 e. The first-order valence-corrected chi connectivity index (χ1v) is 12.0. The van der Waals surface area contributed by atoms with E-state index in [2.05, 4.69) is 23.9 Å². The van der Waals surface area contributed by atoms with E-state index in [1.165, 1.54) is 22.5 Å². The van der Waals surface area contributed by atoms with Gasteiger partial charge in [0, 0.05) is 30.8 Å². The number of carbonyl (C=O) groups excluding carboxylic acids is 2. The van der Waals surface area contributed by atoms with Crippen molar-refractivity contribution in [3.05, 3.63) is 76.7 Å². The van der Waals surface area contributed by atoms with Crippen molar-refractivity contribution in [3.8, 4) is 5.82 Å². The van der Waals surface area contributed by atoms with Crippen LogP contribution in [0, 0.1) is 18.8 Å². The number of hydrogen-bond donors (Lipinski definition) is 0. The van der Waals surface area contributed by atoms with Gasteiger partial charge >= 0.3 is 6.18 Å². The highest BCUT2D eigenvalue weighted by Gasteiger charge is 2.32. The van der Waals surface area contributed by atoms with E-state index in [0.717, 1.165) is 18.7 Å². The van der Waals surface area contributed by atoms with Crippen LogP contribution in [0.2, 0.25) is 0 Å². The van der Waals surface area contributed by atoms with Gasteiger partial charge in [-0.15, -0.1) is 0 Å². The van der Waals surface area contributed by atoms with Crippen molar-refractivity contribution in [2.24, 2.45) is 11.8 Å². The molecule has 1 saturated heterocycles. The molecule has 0 saturated carbocycles. The second-order valence-electron chi connectivity index (χ2n) is 9.68. The van der Waals surface area contributed by atoms with Crippen molar-refractivity contribution in [3.63, 3.8) is 0 Å². The van der Waals surface area contributed by atoms with Crippen LogP contribution < -0.4 is 0 Å². The summed E-state index contributed by atoms with van der Waals surface area (Å²) in [6, 6.07) is 9.97. The molecule has 1 aromatic carbocycles. The fourth-order valence-corrected chi connectivity index (χ4v) is 4.56. The molecule has 6 nitrogen and oxygen atoms in total. The summed E-state index contributed by atoms with van der Waals surface area (Å²) in [6.45, 7) is 6.89. The molecule has 1 aliphatic heterocycles. The molecule has 0 aliphatic carbocycles. The van der Waals surface area contributed by atoms with Crippen LogP contribution in [-0.4, -0.2) is 44.4 Å². The zero-order valence-corrected chi connectivity index (χ0v) is 20.5. The van der Waals surface area contributed by atoms with E-state index in [1.54, 1.807) is 11.8 Å². The van der Waals surface area contributed by atoms with Gasteiger partial charge in [0.25, 0.3) is 5.91 Å². The minimum atomic E-state index is -4.48. The third-order valence-corrected chi connectivity index (χ3v) is 6.57. The number of piperidine rings is 1. The zero-order valence-electron chi connectivity index (χ0n) is 20.5. The Morgan fingerprint density at radius 3 is 2.25 bits per heavy atom. The lowest BCUT2D eigenvalue weighted by molar-refractivity contribution is -0.137. The Hall–Kier alpha value is -3.49. The van der Waals surface area contributed by atoms with Crippen LogP contribution in [0.25, 0.3) is 5.82 Å². The predicted octanol–water partition coefficient (Wildman–Crippen LogP) is 5.53. The number of rotatable bonds is 6. The first-order chi connectivity index (χ1) is 17.0. The van der Waals surface area contributed by atoms with Crippen molar-refractivity contribution in [1.29, 1.82) is 0 Å². The maximum atomic E-state index is 13.1. The number of benzene rings is 1. The average molecular weight is 499 g/mol. The van der Waals surface area contributed by atoms with Gasteiger partial charge in [0.05, 0.1) is 23.0 Å². The molecule has 9 heteroatoms. The van der Waals surface area contributed by atoms with Crippen molar-refractivity contribution >= 4 is 11.7 Å². The zero-order chi connectivity index (χ0) is 26.0. The number of ketones is 1. The molecule has 0 N–H and O–H groups in total. The van der Waals surface area contributed by atoms with Gasteiger partial charge in [0.2, 0.25) is 0 Å². The summed E-state index contributed by atoms with van der Waals surface area (Å²) in [7, 11) is 0. The van der Waals surface area contributed by atoms with E-state index in [-0.39, 0.29) is 23.4 Å². The molecule has 1 fully saturated rings. The number of pyridine rings is 1. The number of Topliss-reactive ketones (excluding diaryl/α,β-unsaturated/α-hetero) is 1. The lowest BCUT2D eigenvalue weighted by Gasteiger charge is -2.31. The van der Waals surface area contributed by atoms with Crippen molar-refractivity contribution in [1.82, 2.24) is 19.7 Å². The van der Waals surface area contributed by atoms with Gasteiger partial charge in [0.15, 0.2) is 11.6 Å². The summed E-state index contributed by atoms with van der Waals surface area (Å²) in [5, 5.41) is 4.17. The Balaban J connectivity index is 1.39. The molecule has 0 bridgehead atoms. The van der Waals surface area contributed by atoms with Crippen molar-refractivity contribution in [2.45, 2.75) is 46.2 Å². The standard InChI is InChI=1S/C27H29F3N4O2/c1-17(2)14-19-4-6-20(7-5-19)25(35)21-10-12-33(13-11-21)26(36)23-16-32-34(18(23)3)24-9-8-22(15-31-24)27(28,29)30/h4-9,15-17,21H,10-14H2,1-3H3. The Morgan fingerprint density at radius 1 is 1.03 bits per heavy atom. The van der Waals surface area contributed by atoms with E-state index < -0.39 is 11.7 Å². The first kappa shape index (κ1) is 25.6. The van der Waals surface area contributed by atoms with Gasteiger partial charge < -0.3 is 4.90 Å². The van der Waals surface area contributed by atoms with Crippen LogP contribution in [0.5, 0.6) is 0 Å². The average Bonchev–Trinajstić information content (AvgIpc) is 3.24. The van der Waals surface area contributed by atoms with Gasteiger partial charge in [-0.3, -0.25) is 9.59 Å². The molecule has 36 heavy (non-hydrogen) atoms. The number of hydrogen-bond acceptors (Lipinski definition) is 4. The molecule has 190 valence electrons. The van der Waals surface area contributed by atoms with Crippen LogP contribution >= 0.6 is 0 Å². The smallest absolute Gasteiger partial charge is 0.338 e. The number of halogens is 3. The molecule has 4 rings (SSSR count). The molecule has 0 atom stereocenters. The summed E-state index contributed by atoms with van der Waals surface area (Å²) in [6.07, 6.45) is -0.196. The Labute approximate surface area is 208 Å². The molecule has 2 aromatic heterocycles. The van der Waals surface area contributed by atoms with Gasteiger partial charge in [-0.1, -0.05) is 38.1 Å². The molecule has 0 unspecified atom stereocenters. The summed E-state index contributed by atoms with van der Waals surface area (Å²) in [4.78, 5) is 31.7. The first-order valence-electron chi connectivity index (χ1n) is 12.0. The lowest BCUT2D eigenvalue weighted by atomic mass is 9.88. The fourth-order valence-electron chi connectivity index (χ4n) is 4.56. The van der Waals surface area contributed by atoms with E-state index >= 15 is 0 Å². The van der Waals surface area contributed by atoms with Gasteiger partial charge in [-0.25, -0.2) is 9.67 Å². The summed E-state index contributed by atoms with van der Waals surface area (Å²) >= 11 is 0. The quantitative estimate of drug-likeness (QED) is 0.419. The largest absolute Gasteiger partial charge is 0.417 e. The highest BCUT2D eigenvalue weighted by atomic mass is 19.4. The van der Waals surface area contributed by atoms with E-state index in [0.29, 0.717) is 48.7 Å². The lowest BCUT2D eigenvalue weighted by Crippen LogP contribution is -2.40. The van der Waals surface area contributed by atoms with E-state index in [1.807, 2.05) is 24.3 Å². The van der Waals surface area contributed by atoms with E-state index in [4.69, 9.17) is 0 Å². The highest BCUT2D eigenvalue weighted by molar-refractivity contribution is 5.98. The third-order valence-electron chi connectivity index (χ3n) is 6.57. The molecule has 3 aromatic rings. The highest BCUT2D eigenvalue weighted by Crippen LogP contribution is 2.29. The molecular weight excluding hydrogens is 469 g/mol. The van der Waals surface area contributed by atoms with E-state index in [9.17, 15) is 22.8 Å². The Bertz CT molecular complexity index is 1220. The van der Waals surface area contributed by atoms with Crippen molar-refractivity contribution in [2.75, 3.05) is 13.1 Å². The predicted molar refractivity (Wildman–Crippen MR) is 129 cm³/mol. The second-order valence-corrected chi connectivity index (χ2v) is 9.68.